The zero-order chi connectivity index (χ0) is 18.4. The second-order valence-corrected chi connectivity index (χ2v) is 8.54. The van der Waals surface area contributed by atoms with E-state index >= 15 is 0 Å². The summed E-state index contributed by atoms with van der Waals surface area (Å²) in [7, 11) is 0. The first-order valence-electron chi connectivity index (χ1n) is 10.2. The van der Waals surface area contributed by atoms with Gasteiger partial charge in [-0.05, 0) is 73.3 Å². The number of ether oxygens (including phenoxy) is 1. The molecule has 0 heterocycles. The molecular formula is C25H26O2. The molecule has 2 aromatic carbocycles. The molecule has 3 atom stereocenters. The lowest BCUT2D eigenvalue weighted by Crippen LogP contribution is -2.38. The molecule has 2 heteroatoms. The van der Waals surface area contributed by atoms with E-state index < -0.39 is 0 Å². The van der Waals surface area contributed by atoms with E-state index in [2.05, 4.69) is 43.3 Å². The van der Waals surface area contributed by atoms with E-state index in [9.17, 15) is 4.79 Å². The molecule has 0 saturated heterocycles. The Morgan fingerprint density at radius 1 is 1.07 bits per heavy atom. The Kier molecular flexibility index (Phi) is 3.96. The minimum Gasteiger partial charge on any atom is -0.489 e. The number of ketones is 1. The number of fused-ring (bicyclic) bond motifs is 5. The van der Waals surface area contributed by atoms with Crippen LogP contribution in [0.25, 0.3) is 0 Å². The fourth-order valence-corrected chi connectivity index (χ4v) is 5.55. The van der Waals surface area contributed by atoms with E-state index in [-0.39, 0.29) is 5.41 Å². The number of hydrogen-bond acceptors (Lipinski definition) is 2. The van der Waals surface area contributed by atoms with Gasteiger partial charge in [-0.15, -0.1) is 0 Å². The lowest BCUT2D eigenvalue weighted by atomic mass is 9.58. The summed E-state index contributed by atoms with van der Waals surface area (Å²) in [5, 5.41) is 0. The van der Waals surface area contributed by atoms with Crippen molar-refractivity contribution in [1.29, 1.82) is 0 Å². The third-order valence-corrected chi connectivity index (χ3v) is 7.09. The third kappa shape index (κ3) is 2.74. The standard InChI is InChI=1S/C25H26O2/c1-25-14-13-21-20-10-8-19(27-16-17-5-3-2-4-6-17)15-18(20)7-9-22(21)23(25)11-12-24(25)26/h2-6,8,10-11,15,21-22H,7,9,12-14,16H2,1H3/t21-,22-,25+/m1/s1. The number of carbonyl (C=O) groups is 1. The number of hydrogen-bond donors (Lipinski definition) is 0. The van der Waals surface area contributed by atoms with Crippen LogP contribution in [0.5, 0.6) is 5.75 Å². The second-order valence-electron chi connectivity index (χ2n) is 8.54. The van der Waals surface area contributed by atoms with Crippen LogP contribution in [-0.4, -0.2) is 5.78 Å². The molecule has 1 saturated carbocycles. The predicted octanol–water partition coefficient (Wildman–Crippen LogP) is 5.61. The Labute approximate surface area is 161 Å². The zero-order valence-electron chi connectivity index (χ0n) is 15.9. The fraction of sp³-hybridized carbons (Fsp3) is 0.400. The van der Waals surface area contributed by atoms with Gasteiger partial charge in [-0.3, -0.25) is 4.79 Å². The Bertz CT molecular complexity index is 911. The molecule has 3 aliphatic rings. The third-order valence-electron chi connectivity index (χ3n) is 7.09. The summed E-state index contributed by atoms with van der Waals surface area (Å²) >= 11 is 0. The molecule has 0 bridgehead atoms. The highest BCUT2D eigenvalue weighted by Gasteiger charge is 2.49. The Morgan fingerprint density at radius 2 is 1.93 bits per heavy atom. The van der Waals surface area contributed by atoms with Gasteiger partial charge in [0, 0.05) is 11.8 Å². The van der Waals surface area contributed by atoms with E-state index in [0.29, 0.717) is 30.6 Å². The van der Waals surface area contributed by atoms with Gasteiger partial charge in [0.15, 0.2) is 0 Å². The van der Waals surface area contributed by atoms with Crippen LogP contribution >= 0.6 is 0 Å². The van der Waals surface area contributed by atoms with Crippen LogP contribution in [0.1, 0.15) is 55.2 Å². The molecule has 0 radical (unpaired) electrons. The van der Waals surface area contributed by atoms with Crippen molar-refractivity contribution in [3.63, 3.8) is 0 Å². The van der Waals surface area contributed by atoms with Crippen LogP contribution in [-0.2, 0) is 17.8 Å². The van der Waals surface area contributed by atoms with E-state index in [1.54, 1.807) is 0 Å². The molecule has 0 N–H and O–H groups in total. The van der Waals surface area contributed by atoms with Crippen molar-refractivity contribution in [2.45, 2.75) is 51.6 Å². The largest absolute Gasteiger partial charge is 0.489 e. The highest BCUT2D eigenvalue weighted by Crippen LogP contribution is 2.57. The van der Waals surface area contributed by atoms with Crippen molar-refractivity contribution < 1.29 is 9.53 Å². The van der Waals surface area contributed by atoms with Crippen molar-refractivity contribution in [1.82, 2.24) is 0 Å². The quantitative estimate of drug-likeness (QED) is 0.667. The van der Waals surface area contributed by atoms with Crippen LogP contribution in [0.3, 0.4) is 0 Å². The number of carbonyl (C=O) groups excluding carboxylic acids is 1. The maximum atomic E-state index is 12.4. The first kappa shape index (κ1) is 16.8. The average Bonchev–Trinajstić information content (AvgIpc) is 3.01. The highest BCUT2D eigenvalue weighted by molar-refractivity contribution is 5.92. The van der Waals surface area contributed by atoms with Crippen molar-refractivity contribution in [3.8, 4) is 5.75 Å². The van der Waals surface area contributed by atoms with Crippen LogP contribution in [0.4, 0.5) is 0 Å². The second kappa shape index (κ2) is 6.37. The van der Waals surface area contributed by atoms with Gasteiger partial charge in [0.2, 0.25) is 0 Å². The van der Waals surface area contributed by atoms with Gasteiger partial charge in [0.25, 0.3) is 0 Å². The summed E-state index contributed by atoms with van der Waals surface area (Å²) in [6.45, 7) is 2.79. The predicted molar refractivity (Wildman–Crippen MR) is 107 cm³/mol. The van der Waals surface area contributed by atoms with Gasteiger partial charge >= 0.3 is 0 Å². The van der Waals surface area contributed by atoms with E-state index in [0.717, 1.165) is 31.4 Å². The van der Waals surface area contributed by atoms with Crippen molar-refractivity contribution in [2.75, 3.05) is 0 Å². The molecular weight excluding hydrogens is 332 g/mol. The number of benzene rings is 2. The number of aryl methyl sites for hydroxylation is 1. The summed E-state index contributed by atoms with van der Waals surface area (Å²) in [6, 6.07) is 17.0. The van der Waals surface area contributed by atoms with E-state index in [4.69, 9.17) is 4.74 Å². The minimum absolute atomic E-state index is 0.169. The molecule has 3 aliphatic carbocycles. The van der Waals surface area contributed by atoms with Crippen LogP contribution in [0, 0.1) is 11.3 Å². The van der Waals surface area contributed by atoms with E-state index in [1.807, 2.05) is 18.2 Å². The summed E-state index contributed by atoms with van der Waals surface area (Å²) in [4.78, 5) is 12.4. The first-order valence-corrected chi connectivity index (χ1v) is 10.2. The maximum Gasteiger partial charge on any atom is 0.146 e. The molecule has 138 valence electrons. The zero-order valence-corrected chi connectivity index (χ0v) is 15.9. The van der Waals surface area contributed by atoms with Gasteiger partial charge in [0.1, 0.15) is 18.1 Å². The van der Waals surface area contributed by atoms with Crippen LogP contribution in [0.15, 0.2) is 60.2 Å². The van der Waals surface area contributed by atoms with Crippen molar-refractivity contribution in [3.05, 3.63) is 76.9 Å². The fourth-order valence-electron chi connectivity index (χ4n) is 5.55. The Balaban J connectivity index is 1.37. The molecule has 27 heavy (non-hydrogen) atoms. The molecule has 0 unspecified atom stereocenters. The average molecular weight is 358 g/mol. The minimum atomic E-state index is -0.169. The molecule has 5 rings (SSSR count). The smallest absolute Gasteiger partial charge is 0.146 e. The first-order chi connectivity index (χ1) is 13.1. The monoisotopic (exact) mass is 358 g/mol. The SMILES string of the molecule is C[C@]12CC[C@@H]3c4ccc(OCc5ccccc5)cc4CC[C@H]3C1=CCC2=O. The van der Waals surface area contributed by atoms with Gasteiger partial charge in [-0.1, -0.05) is 48.0 Å². The summed E-state index contributed by atoms with van der Waals surface area (Å²) in [5.74, 6) is 2.53. The lowest BCUT2D eigenvalue weighted by molar-refractivity contribution is -0.125. The Morgan fingerprint density at radius 3 is 2.78 bits per heavy atom. The topological polar surface area (TPSA) is 26.3 Å². The molecule has 0 spiro atoms. The lowest BCUT2D eigenvalue weighted by Gasteiger charge is -2.45. The number of rotatable bonds is 3. The van der Waals surface area contributed by atoms with Crippen LogP contribution in [0.2, 0.25) is 0 Å². The highest BCUT2D eigenvalue weighted by atomic mass is 16.5. The molecule has 1 fully saturated rings. The van der Waals surface area contributed by atoms with Gasteiger partial charge in [-0.2, -0.15) is 0 Å². The summed E-state index contributed by atoms with van der Waals surface area (Å²) in [6.07, 6.45) is 7.27. The number of Topliss-reactive ketones (excluding diaryl/α,β-unsaturated/α-hetero) is 1. The van der Waals surface area contributed by atoms with Crippen LogP contribution < -0.4 is 4.74 Å². The molecule has 2 aromatic rings. The maximum absolute atomic E-state index is 12.4. The van der Waals surface area contributed by atoms with Crippen molar-refractivity contribution in [2.24, 2.45) is 11.3 Å². The number of allylic oxidation sites excluding steroid dienone is 2. The molecule has 0 aliphatic heterocycles. The molecule has 2 nitrogen and oxygen atoms in total. The summed E-state index contributed by atoms with van der Waals surface area (Å²) < 4.78 is 6.04. The summed E-state index contributed by atoms with van der Waals surface area (Å²) in [5.41, 5.74) is 5.40. The van der Waals surface area contributed by atoms with E-state index in [1.165, 1.54) is 22.3 Å². The van der Waals surface area contributed by atoms with Gasteiger partial charge in [0.05, 0.1) is 0 Å². The molecule has 0 aromatic heterocycles. The van der Waals surface area contributed by atoms with Gasteiger partial charge in [-0.25, -0.2) is 0 Å². The normalized spacial score (nSPS) is 28.8. The molecule has 0 amide bonds. The van der Waals surface area contributed by atoms with Gasteiger partial charge < -0.3 is 4.74 Å². The Hall–Kier alpha value is -2.35. The van der Waals surface area contributed by atoms with Crippen molar-refractivity contribution >= 4 is 5.78 Å².